The van der Waals surface area contributed by atoms with Gasteiger partial charge in [0.25, 0.3) is 0 Å². The van der Waals surface area contributed by atoms with Crippen LogP contribution < -0.4 is 0 Å². The number of ketones is 1. The summed E-state index contributed by atoms with van der Waals surface area (Å²) in [4.78, 5) is 52.5. The van der Waals surface area contributed by atoms with E-state index in [1.807, 2.05) is 25.3 Å². The molecule has 2 atom stereocenters. The Kier molecular flexibility index (Phi) is 5.54. The highest BCUT2D eigenvalue weighted by atomic mass is 16.2. The molecule has 0 bridgehead atoms. The molecule has 7 nitrogen and oxygen atoms in total. The first-order chi connectivity index (χ1) is 13.3. The van der Waals surface area contributed by atoms with E-state index in [0.29, 0.717) is 18.5 Å². The van der Waals surface area contributed by atoms with Crippen molar-refractivity contribution in [3.8, 4) is 0 Å². The van der Waals surface area contributed by atoms with E-state index in [2.05, 4.69) is 6.58 Å². The number of hydrogen-bond acceptors (Lipinski definition) is 4. The highest BCUT2D eigenvalue weighted by molar-refractivity contribution is 6.45. The number of imide groups is 2. The lowest BCUT2D eigenvalue weighted by Gasteiger charge is -2.34. The van der Waals surface area contributed by atoms with Gasteiger partial charge in [0.05, 0.1) is 6.54 Å². The predicted molar refractivity (Wildman–Crippen MR) is 104 cm³/mol. The minimum atomic E-state index is -0.906. The van der Waals surface area contributed by atoms with E-state index in [0.717, 1.165) is 40.5 Å². The zero-order chi connectivity index (χ0) is 20.6. The van der Waals surface area contributed by atoms with Crippen LogP contribution in [0.15, 0.2) is 18.7 Å². The van der Waals surface area contributed by atoms with Gasteiger partial charge in [0.2, 0.25) is 0 Å². The molecule has 4 amide bonds. The molecule has 0 unspecified atom stereocenters. The van der Waals surface area contributed by atoms with Crippen LogP contribution in [0.1, 0.15) is 54.4 Å². The van der Waals surface area contributed by atoms with Gasteiger partial charge in [0.15, 0.2) is 5.78 Å². The Hall–Kier alpha value is -2.70. The van der Waals surface area contributed by atoms with E-state index in [-0.39, 0.29) is 17.7 Å². The molecule has 1 aromatic rings. The zero-order valence-corrected chi connectivity index (χ0v) is 16.7. The van der Waals surface area contributed by atoms with Crippen molar-refractivity contribution in [3.05, 3.63) is 35.7 Å². The predicted octanol–water partition coefficient (Wildman–Crippen LogP) is 2.84. The highest BCUT2D eigenvalue weighted by Crippen LogP contribution is 2.31. The molecule has 2 aliphatic rings. The molecule has 1 saturated carbocycles. The van der Waals surface area contributed by atoms with Crippen molar-refractivity contribution in [1.82, 2.24) is 14.4 Å². The lowest BCUT2D eigenvalue weighted by Crippen LogP contribution is -2.46. The van der Waals surface area contributed by atoms with E-state index in [9.17, 15) is 19.2 Å². The van der Waals surface area contributed by atoms with Crippen molar-refractivity contribution in [2.24, 2.45) is 5.92 Å². The third-order valence-corrected chi connectivity index (χ3v) is 5.97. The van der Waals surface area contributed by atoms with Crippen LogP contribution >= 0.6 is 0 Å². The smallest absolute Gasteiger partial charge is 0.334 e. The third kappa shape index (κ3) is 3.30. The standard InChI is InChI=1S/C21H27N3O4/c1-5-10-22-14(3)11-16(15(22)4)18(25)12-23-19(26)20(27)24(21(23)28)17-9-7-6-8-13(17)2/h5,11,13,17H,1,6-10,12H2,2-4H3/t13-,17-/m1/s1. The summed E-state index contributed by atoms with van der Waals surface area (Å²) < 4.78 is 1.94. The van der Waals surface area contributed by atoms with Gasteiger partial charge < -0.3 is 4.57 Å². The summed E-state index contributed by atoms with van der Waals surface area (Å²) in [5.74, 6) is -1.91. The number of rotatable bonds is 6. The molecule has 7 heteroatoms. The van der Waals surface area contributed by atoms with Gasteiger partial charge in [0, 0.05) is 29.5 Å². The average molecular weight is 385 g/mol. The molecule has 3 rings (SSSR count). The van der Waals surface area contributed by atoms with Gasteiger partial charge in [-0.2, -0.15) is 0 Å². The number of hydrogen-bond donors (Lipinski definition) is 0. The number of carbonyl (C=O) groups excluding carboxylic acids is 4. The fraction of sp³-hybridized carbons (Fsp3) is 0.524. The summed E-state index contributed by atoms with van der Waals surface area (Å²) in [7, 11) is 0. The lowest BCUT2D eigenvalue weighted by molar-refractivity contribution is -0.144. The second-order valence-electron chi connectivity index (χ2n) is 7.79. The van der Waals surface area contributed by atoms with Crippen molar-refractivity contribution in [3.63, 3.8) is 0 Å². The van der Waals surface area contributed by atoms with Crippen LogP contribution in [0.3, 0.4) is 0 Å². The average Bonchev–Trinajstić information content (AvgIpc) is 3.05. The fourth-order valence-corrected chi connectivity index (χ4v) is 4.36. The maximum absolute atomic E-state index is 12.8. The number of urea groups is 1. The molecule has 2 heterocycles. The van der Waals surface area contributed by atoms with Crippen LogP contribution in [0.2, 0.25) is 0 Å². The second-order valence-corrected chi connectivity index (χ2v) is 7.79. The SMILES string of the molecule is C=CCn1c(C)cc(C(=O)CN2C(=O)C(=O)N([C@@H]3CCCC[C@H]3C)C2=O)c1C. The van der Waals surface area contributed by atoms with Crippen molar-refractivity contribution in [1.29, 1.82) is 0 Å². The number of nitrogens with zero attached hydrogens (tertiary/aromatic N) is 3. The number of allylic oxidation sites excluding steroid dienone is 1. The second kappa shape index (κ2) is 7.73. The fourth-order valence-electron chi connectivity index (χ4n) is 4.36. The van der Waals surface area contributed by atoms with Crippen LogP contribution in [0.4, 0.5) is 4.79 Å². The first-order valence-corrected chi connectivity index (χ1v) is 9.77. The largest absolute Gasteiger partial charge is 0.345 e. The zero-order valence-electron chi connectivity index (χ0n) is 16.7. The lowest BCUT2D eigenvalue weighted by atomic mass is 9.85. The first kappa shape index (κ1) is 20.0. The molecule has 1 aromatic heterocycles. The molecule has 1 aliphatic carbocycles. The van der Waals surface area contributed by atoms with Crippen LogP contribution in [-0.4, -0.2) is 50.6 Å². The Bertz CT molecular complexity index is 854. The van der Waals surface area contributed by atoms with Crippen LogP contribution in [-0.2, 0) is 16.1 Å². The van der Waals surface area contributed by atoms with E-state index < -0.39 is 24.4 Å². The summed E-state index contributed by atoms with van der Waals surface area (Å²) in [5.41, 5.74) is 2.11. The van der Waals surface area contributed by atoms with Crippen LogP contribution in [0.5, 0.6) is 0 Å². The van der Waals surface area contributed by atoms with Gasteiger partial charge in [-0.05, 0) is 38.7 Å². The van der Waals surface area contributed by atoms with E-state index in [4.69, 9.17) is 0 Å². The molecular formula is C21H27N3O4. The Morgan fingerprint density at radius 1 is 1.18 bits per heavy atom. The Morgan fingerprint density at radius 3 is 2.50 bits per heavy atom. The molecule has 0 N–H and O–H groups in total. The molecule has 1 saturated heterocycles. The van der Waals surface area contributed by atoms with Gasteiger partial charge in [-0.25, -0.2) is 9.69 Å². The summed E-state index contributed by atoms with van der Waals surface area (Å²) >= 11 is 0. The van der Waals surface area contributed by atoms with Crippen molar-refractivity contribution < 1.29 is 19.2 Å². The monoisotopic (exact) mass is 385 g/mol. The summed E-state index contributed by atoms with van der Waals surface area (Å²) in [6.45, 7) is 9.57. The van der Waals surface area contributed by atoms with Crippen molar-refractivity contribution in [2.45, 2.75) is 59.0 Å². The summed E-state index contributed by atoms with van der Waals surface area (Å²) in [6, 6.07) is 0.812. The number of aryl methyl sites for hydroxylation is 1. The Labute approximate surface area is 165 Å². The van der Waals surface area contributed by atoms with Gasteiger partial charge in [-0.15, -0.1) is 6.58 Å². The summed E-state index contributed by atoms with van der Waals surface area (Å²) in [6.07, 6.45) is 5.35. The van der Waals surface area contributed by atoms with E-state index in [1.54, 1.807) is 12.1 Å². The molecule has 1 aliphatic heterocycles. The number of carbonyl (C=O) groups is 4. The highest BCUT2D eigenvalue weighted by Gasteiger charge is 2.49. The number of aromatic nitrogens is 1. The Balaban J connectivity index is 1.81. The van der Waals surface area contributed by atoms with Gasteiger partial charge in [-0.1, -0.05) is 25.8 Å². The van der Waals surface area contributed by atoms with Gasteiger partial charge in [0.1, 0.15) is 0 Å². The molecule has 2 fully saturated rings. The minimum absolute atomic E-state index is 0.155. The van der Waals surface area contributed by atoms with E-state index in [1.165, 1.54) is 0 Å². The molecule has 150 valence electrons. The molecule has 0 spiro atoms. The van der Waals surface area contributed by atoms with Crippen molar-refractivity contribution in [2.75, 3.05) is 6.54 Å². The third-order valence-electron chi connectivity index (χ3n) is 5.97. The maximum atomic E-state index is 12.8. The van der Waals surface area contributed by atoms with Crippen LogP contribution in [0.25, 0.3) is 0 Å². The van der Waals surface area contributed by atoms with Gasteiger partial charge in [-0.3, -0.25) is 19.3 Å². The molecule has 0 radical (unpaired) electrons. The molecule has 28 heavy (non-hydrogen) atoms. The quantitative estimate of drug-likeness (QED) is 0.326. The van der Waals surface area contributed by atoms with E-state index >= 15 is 0 Å². The number of amides is 4. The topological polar surface area (TPSA) is 79.7 Å². The normalized spacial score (nSPS) is 22.9. The van der Waals surface area contributed by atoms with Crippen LogP contribution in [0, 0.1) is 19.8 Å². The maximum Gasteiger partial charge on any atom is 0.334 e. The summed E-state index contributed by atoms with van der Waals surface area (Å²) in [5, 5.41) is 0. The van der Waals surface area contributed by atoms with Crippen molar-refractivity contribution >= 4 is 23.6 Å². The van der Waals surface area contributed by atoms with Gasteiger partial charge >= 0.3 is 17.8 Å². The minimum Gasteiger partial charge on any atom is -0.345 e. The number of Topliss-reactive ketones (excluding diaryl/α,β-unsaturated/α-hetero) is 1. The Morgan fingerprint density at radius 2 is 1.86 bits per heavy atom. The molecular weight excluding hydrogens is 358 g/mol. The molecule has 0 aromatic carbocycles. The first-order valence-electron chi connectivity index (χ1n) is 9.77.